The second-order valence-electron chi connectivity index (χ2n) is 6.62. The standard InChI is InChI=1S/C20H20ClN3O2S/c1-13-15-17(24-10-5-6-11-24)22-20(21)23-18(15)27-16(13)19(25)26-12-9-14-7-3-2-4-8-14/h2-4,7-8H,5-6,9-12H2,1H3. The molecule has 3 aromatic rings. The Hall–Kier alpha value is -2.18. The van der Waals surface area contributed by atoms with Crippen molar-refractivity contribution in [2.75, 3.05) is 24.6 Å². The Morgan fingerprint density at radius 2 is 1.96 bits per heavy atom. The van der Waals surface area contributed by atoms with Crippen LogP contribution in [0.4, 0.5) is 5.82 Å². The molecule has 27 heavy (non-hydrogen) atoms. The van der Waals surface area contributed by atoms with Gasteiger partial charge in [0.2, 0.25) is 5.28 Å². The molecule has 1 aliphatic heterocycles. The third-order valence-electron chi connectivity index (χ3n) is 4.80. The molecule has 0 unspecified atom stereocenters. The van der Waals surface area contributed by atoms with Gasteiger partial charge in [-0.1, -0.05) is 30.3 Å². The van der Waals surface area contributed by atoms with Crippen LogP contribution >= 0.6 is 22.9 Å². The number of anilines is 1. The van der Waals surface area contributed by atoms with E-state index in [9.17, 15) is 4.79 Å². The average Bonchev–Trinajstić information content (AvgIpc) is 3.30. The van der Waals surface area contributed by atoms with E-state index in [0.29, 0.717) is 17.9 Å². The zero-order chi connectivity index (χ0) is 18.8. The van der Waals surface area contributed by atoms with Crippen molar-refractivity contribution < 1.29 is 9.53 Å². The highest BCUT2D eigenvalue weighted by Gasteiger charge is 2.25. The molecule has 0 amide bonds. The van der Waals surface area contributed by atoms with Crippen LogP contribution in [-0.4, -0.2) is 35.6 Å². The molecule has 4 rings (SSSR count). The van der Waals surface area contributed by atoms with Gasteiger partial charge in [-0.25, -0.2) is 9.78 Å². The minimum Gasteiger partial charge on any atom is -0.461 e. The highest BCUT2D eigenvalue weighted by atomic mass is 35.5. The fourth-order valence-corrected chi connectivity index (χ4v) is 4.70. The number of carbonyl (C=O) groups excluding carboxylic acids is 1. The summed E-state index contributed by atoms with van der Waals surface area (Å²) in [5.74, 6) is 0.523. The van der Waals surface area contributed by atoms with Gasteiger partial charge in [-0.2, -0.15) is 4.98 Å². The SMILES string of the molecule is Cc1c(C(=O)OCCc2ccccc2)sc2nc(Cl)nc(N3CCCC3)c12. The normalized spacial score (nSPS) is 14.1. The number of aromatic nitrogens is 2. The van der Waals surface area contributed by atoms with Crippen molar-refractivity contribution >= 4 is 44.9 Å². The molecule has 1 fully saturated rings. The summed E-state index contributed by atoms with van der Waals surface area (Å²) in [7, 11) is 0. The monoisotopic (exact) mass is 401 g/mol. The minimum absolute atomic E-state index is 0.217. The molecule has 0 radical (unpaired) electrons. The number of carbonyl (C=O) groups is 1. The second-order valence-corrected chi connectivity index (χ2v) is 7.96. The molecule has 1 aromatic carbocycles. The van der Waals surface area contributed by atoms with Crippen LogP contribution < -0.4 is 4.90 Å². The summed E-state index contributed by atoms with van der Waals surface area (Å²) < 4.78 is 5.51. The van der Waals surface area contributed by atoms with E-state index in [0.717, 1.165) is 53.1 Å². The number of aryl methyl sites for hydroxylation is 1. The van der Waals surface area contributed by atoms with Crippen molar-refractivity contribution in [1.29, 1.82) is 0 Å². The number of esters is 1. The zero-order valence-electron chi connectivity index (χ0n) is 15.1. The smallest absolute Gasteiger partial charge is 0.348 e. The van der Waals surface area contributed by atoms with Crippen molar-refractivity contribution in [2.45, 2.75) is 26.2 Å². The van der Waals surface area contributed by atoms with Gasteiger partial charge in [0.1, 0.15) is 15.5 Å². The van der Waals surface area contributed by atoms with Crippen LogP contribution in [0.5, 0.6) is 0 Å². The van der Waals surface area contributed by atoms with Crippen LogP contribution in [0.2, 0.25) is 5.28 Å². The molecule has 2 aromatic heterocycles. The molecule has 140 valence electrons. The van der Waals surface area contributed by atoms with Crippen molar-refractivity contribution in [3.8, 4) is 0 Å². The zero-order valence-corrected chi connectivity index (χ0v) is 16.6. The first-order valence-electron chi connectivity index (χ1n) is 9.06. The fourth-order valence-electron chi connectivity index (χ4n) is 3.42. The highest BCUT2D eigenvalue weighted by molar-refractivity contribution is 7.20. The molecule has 0 atom stereocenters. The third-order valence-corrected chi connectivity index (χ3v) is 6.14. The Labute approximate surface area is 167 Å². The summed E-state index contributed by atoms with van der Waals surface area (Å²) in [4.78, 5) is 25.0. The maximum absolute atomic E-state index is 12.6. The Morgan fingerprint density at radius 3 is 2.70 bits per heavy atom. The predicted octanol–water partition coefficient (Wildman–Crippen LogP) is 4.65. The van der Waals surface area contributed by atoms with E-state index in [1.165, 1.54) is 11.3 Å². The second kappa shape index (κ2) is 7.82. The van der Waals surface area contributed by atoms with Crippen LogP contribution in [0.25, 0.3) is 10.2 Å². The van der Waals surface area contributed by atoms with E-state index in [2.05, 4.69) is 14.9 Å². The first-order chi connectivity index (χ1) is 13.1. The van der Waals surface area contributed by atoms with Gasteiger partial charge in [-0.15, -0.1) is 11.3 Å². The Morgan fingerprint density at radius 1 is 1.22 bits per heavy atom. The number of hydrogen-bond acceptors (Lipinski definition) is 6. The summed E-state index contributed by atoms with van der Waals surface area (Å²) in [6.07, 6.45) is 2.97. The van der Waals surface area contributed by atoms with E-state index >= 15 is 0 Å². The topological polar surface area (TPSA) is 55.3 Å². The lowest BCUT2D eigenvalue weighted by atomic mass is 10.2. The van der Waals surface area contributed by atoms with E-state index < -0.39 is 0 Å². The molecule has 0 saturated carbocycles. The molecule has 0 aliphatic carbocycles. The van der Waals surface area contributed by atoms with Crippen LogP contribution in [0.15, 0.2) is 30.3 Å². The lowest BCUT2D eigenvalue weighted by Gasteiger charge is -2.17. The maximum atomic E-state index is 12.6. The minimum atomic E-state index is -0.310. The van der Waals surface area contributed by atoms with Gasteiger partial charge in [-0.3, -0.25) is 0 Å². The number of nitrogens with zero attached hydrogens (tertiary/aromatic N) is 3. The van der Waals surface area contributed by atoms with E-state index in [4.69, 9.17) is 16.3 Å². The van der Waals surface area contributed by atoms with Crippen molar-refractivity contribution in [3.63, 3.8) is 0 Å². The molecule has 0 spiro atoms. The van der Waals surface area contributed by atoms with Crippen molar-refractivity contribution in [1.82, 2.24) is 9.97 Å². The van der Waals surface area contributed by atoms with Crippen LogP contribution in [-0.2, 0) is 11.2 Å². The fraction of sp³-hybridized carbons (Fsp3) is 0.350. The van der Waals surface area contributed by atoms with Crippen molar-refractivity contribution in [2.24, 2.45) is 0 Å². The van der Waals surface area contributed by atoms with Gasteiger partial charge in [0.25, 0.3) is 0 Å². The number of ether oxygens (including phenoxy) is 1. The first kappa shape index (κ1) is 18.2. The molecule has 1 aliphatic rings. The first-order valence-corrected chi connectivity index (χ1v) is 10.3. The van der Waals surface area contributed by atoms with E-state index in [-0.39, 0.29) is 11.3 Å². The van der Waals surface area contributed by atoms with Gasteiger partial charge in [0, 0.05) is 19.5 Å². The summed E-state index contributed by atoms with van der Waals surface area (Å²) >= 11 is 7.47. The van der Waals surface area contributed by atoms with Crippen LogP contribution in [0, 0.1) is 6.92 Å². The molecule has 0 bridgehead atoms. The number of hydrogen-bond donors (Lipinski definition) is 0. The predicted molar refractivity (Wildman–Crippen MR) is 109 cm³/mol. The molecule has 1 saturated heterocycles. The lowest BCUT2D eigenvalue weighted by molar-refractivity contribution is 0.0514. The number of rotatable bonds is 5. The molecule has 5 nitrogen and oxygen atoms in total. The number of halogens is 1. The molecule has 0 N–H and O–H groups in total. The van der Waals surface area contributed by atoms with E-state index in [1.54, 1.807) is 0 Å². The van der Waals surface area contributed by atoms with Gasteiger partial charge < -0.3 is 9.64 Å². The van der Waals surface area contributed by atoms with Crippen LogP contribution in [0.3, 0.4) is 0 Å². The average molecular weight is 402 g/mol. The van der Waals surface area contributed by atoms with Gasteiger partial charge in [-0.05, 0) is 42.5 Å². The van der Waals surface area contributed by atoms with Gasteiger partial charge in [0.15, 0.2) is 0 Å². The Bertz CT molecular complexity index is 968. The summed E-state index contributed by atoms with van der Waals surface area (Å²) in [5, 5.41) is 1.14. The highest BCUT2D eigenvalue weighted by Crippen LogP contribution is 2.37. The largest absolute Gasteiger partial charge is 0.461 e. The van der Waals surface area contributed by atoms with E-state index in [1.807, 2.05) is 37.3 Å². The maximum Gasteiger partial charge on any atom is 0.348 e. The molecule has 3 heterocycles. The molecular formula is C20H20ClN3O2S. The molecule has 7 heteroatoms. The number of fused-ring (bicyclic) bond motifs is 1. The number of benzene rings is 1. The molecular weight excluding hydrogens is 382 g/mol. The Balaban J connectivity index is 1.57. The lowest BCUT2D eigenvalue weighted by Crippen LogP contribution is -2.19. The van der Waals surface area contributed by atoms with Crippen LogP contribution in [0.1, 0.15) is 33.6 Å². The quantitative estimate of drug-likeness (QED) is 0.460. The van der Waals surface area contributed by atoms with Gasteiger partial charge >= 0.3 is 5.97 Å². The Kier molecular flexibility index (Phi) is 5.27. The third kappa shape index (κ3) is 3.77. The summed E-state index contributed by atoms with van der Waals surface area (Å²) in [6, 6.07) is 9.99. The number of thiophene rings is 1. The van der Waals surface area contributed by atoms with Gasteiger partial charge in [0.05, 0.1) is 12.0 Å². The summed E-state index contributed by atoms with van der Waals surface area (Å²) in [6.45, 7) is 4.19. The van der Waals surface area contributed by atoms with Crippen molar-refractivity contribution in [3.05, 3.63) is 51.6 Å². The summed E-state index contributed by atoms with van der Waals surface area (Å²) in [5.41, 5.74) is 2.02.